The minimum atomic E-state index is -0.0805. The number of amides is 1. The van der Waals surface area contributed by atoms with Crippen molar-refractivity contribution in [3.8, 4) is 0 Å². The highest BCUT2D eigenvalue weighted by atomic mass is 35.5. The van der Waals surface area contributed by atoms with Crippen LogP contribution in [0.15, 0.2) is 35.6 Å². The fourth-order valence-corrected chi connectivity index (χ4v) is 3.55. The van der Waals surface area contributed by atoms with E-state index in [-0.39, 0.29) is 5.91 Å². The summed E-state index contributed by atoms with van der Waals surface area (Å²) in [7, 11) is 0. The monoisotopic (exact) mass is 376 g/mol. The summed E-state index contributed by atoms with van der Waals surface area (Å²) < 4.78 is 0. The summed E-state index contributed by atoms with van der Waals surface area (Å²) in [5.74, 6) is 1.16. The Morgan fingerprint density at radius 3 is 2.80 bits per heavy atom. The van der Waals surface area contributed by atoms with E-state index in [1.807, 2.05) is 25.1 Å². The molecule has 3 rings (SSSR count). The van der Waals surface area contributed by atoms with Crippen LogP contribution in [0, 0.1) is 6.92 Å². The van der Waals surface area contributed by atoms with Crippen molar-refractivity contribution in [1.82, 2.24) is 9.97 Å². The van der Waals surface area contributed by atoms with Gasteiger partial charge in [-0.25, -0.2) is 9.97 Å². The van der Waals surface area contributed by atoms with Gasteiger partial charge in [0.25, 0.3) is 0 Å². The van der Waals surface area contributed by atoms with Crippen LogP contribution < -0.4 is 10.2 Å². The molecule has 0 bridgehead atoms. The van der Waals surface area contributed by atoms with Gasteiger partial charge in [0.15, 0.2) is 0 Å². The molecule has 1 aliphatic heterocycles. The maximum absolute atomic E-state index is 12.1. The number of aryl methyl sites for hydroxylation is 1. The maximum atomic E-state index is 12.1. The van der Waals surface area contributed by atoms with Gasteiger partial charge in [-0.15, -0.1) is 0 Å². The van der Waals surface area contributed by atoms with Gasteiger partial charge in [0.05, 0.1) is 5.75 Å². The first-order valence-corrected chi connectivity index (χ1v) is 9.74. The van der Waals surface area contributed by atoms with Crippen molar-refractivity contribution in [3.63, 3.8) is 0 Å². The van der Waals surface area contributed by atoms with Gasteiger partial charge in [-0.2, -0.15) is 0 Å². The van der Waals surface area contributed by atoms with Gasteiger partial charge in [0.1, 0.15) is 17.2 Å². The highest BCUT2D eigenvalue weighted by molar-refractivity contribution is 7.99. The minimum absolute atomic E-state index is 0.0805. The second-order valence-corrected chi connectivity index (χ2v) is 7.47. The Kier molecular flexibility index (Phi) is 6.15. The van der Waals surface area contributed by atoms with Crippen LogP contribution in [0.4, 0.5) is 11.5 Å². The normalized spacial score (nSPS) is 14.4. The van der Waals surface area contributed by atoms with Gasteiger partial charge >= 0.3 is 0 Å². The molecule has 2 heterocycles. The summed E-state index contributed by atoms with van der Waals surface area (Å²) in [6, 6.07) is 7.47. The Hall–Kier alpha value is -1.79. The molecular formula is C18H21ClN4OS. The number of carbonyl (C=O) groups is 1. The number of nitrogens with zero attached hydrogens (tertiary/aromatic N) is 3. The highest BCUT2D eigenvalue weighted by Gasteiger charge is 2.13. The molecule has 0 unspecified atom stereocenters. The Labute approximate surface area is 157 Å². The van der Waals surface area contributed by atoms with Gasteiger partial charge < -0.3 is 10.2 Å². The molecule has 5 nitrogen and oxygen atoms in total. The Bertz CT molecular complexity index is 750. The first kappa shape index (κ1) is 18.0. The number of benzene rings is 1. The van der Waals surface area contributed by atoms with E-state index in [1.165, 1.54) is 31.0 Å². The molecule has 7 heteroatoms. The lowest BCUT2D eigenvalue weighted by Gasteiger charge is -2.27. The number of hydrogen-bond donors (Lipinski definition) is 1. The molecule has 1 amide bonds. The van der Waals surface area contributed by atoms with Gasteiger partial charge in [-0.1, -0.05) is 29.4 Å². The number of carbonyl (C=O) groups excluding carboxylic acids is 1. The largest absolute Gasteiger partial charge is 0.356 e. The van der Waals surface area contributed by atoms with E-state index in [9.17, 15) is 4.79 Å². The van der Waals surface area contributed by atoms with E-state index in [0.717, 1.165) is 29.5 Å². The lowest BCUT2D eigenvalue weighted by atomic mass is 10.1. The molecule has 1 fully saturated rings. The van der Waals surface area contributed by atoms with Crippen molar-refractivity contribution in [2.24, 2.45) is 0 Å². The van der Waals surface area contributed by atoms with Crippen molar-refractivity contribution in [2.75, 3.05) is 29.1 Å². The second kappa shape index (κ2) is 8.54. The Balaban J connectivity index is 1.55. The molecule has 0 radical (unpaired) electrons. The zero-order valence-corrected chi connectivity index (χ0v) is 15.7. The number of thioether (sulfide) groups is 1. The third kappa shape index (κ3) is 5.09. The predicted octanol–water partition coefficient (Wildman–Crippen LogP) is 4.16. The van der Waals surface area contributed by atoms with Crippen molar-refractivity contribution < 1.29 is 4.79 Å². The molecule has 1 N–H and O–H groups in total. The molecule has 1 aromatic heterocycles. The number of aromatic nitrogens is 2. The molecule has 132 valence electrons. The predicted molar refractivity (Wildman–Crippen MR) is 104 cm³/mol. The molecule has 1 aromatic carbocycles. The van der Waals surface area contributed by atoms with Crippen LogP contribution in [0.2, 0.25) is 5.02 Å². The van der Waals surface area contributed by atoms with Crippen LogP contribution in [0.25, 0.3) is 0 Å². The summed E-state index contributed by atoms with van der Waals surface area (Å²) >= 11 is 7.49. The van der Waals surface area contributed by atoms with Gasteiger partial charge in [0, 0.05) is 29.9 Å². The highest BCUT2D eigenvalue weighted by Crippen LogP contribution is 2.23. The zero-order chi connectivity index (χ0) is 17.6. The Morgan fingerprint density at radius 2 is 2.04 bits per heavy atom. The number of rotatable bonds is 5. The summed E-state index contributed by atoms with van der Waals surface area (Å²) in [6.45, 7) is 4.00. The maximum Gasteiger partial charge on any atom is 0.234 e. The molecule has 1 aliphatic rings. The summed E-state index contributed by atoms with van der Waals surface area (Å²) in [5.41, 5.74) is 1.69. The van der Waals surface area contributed by atoms with Crippen LogP contribution in [-0.4, -0.2) is 34.7 Å². The lowest BCUT2D eigenvalue weighted by Crippen LogP contribution is -2.30. The molecule has 0 spiro atoms. The third-order valence-electron chi connectivity index (χ3n) is 4.11. The first-order valence-electron chi connectivity index (χ1n) is 8.37. The molecular weight excluding hydrogens is 356 g/mol. The SMILES string of the molecule is Cc1ccc(NC(=O)CSc2cc(N3CCCCC3)ncn2)cc1Cl. The number of piperidine rings is 1. The molecule has 2 aromatic rings. The average Bonchev–Trinajstić information content (AvgIpc) is 2.64. The molecule has 0 aliphatic carbocycles. The number of hydrogen-bond acceptors (Lipinski definition) is 5. The van der Waals surface area contributed by atoms with Gasteiger partial charge in [-0.3, -0.25) is 4.79 Å². The summed E-state index contributed by atoms with van der Waals surface area (Å²) in [6.07, 6.45) is 5.26. The topological polar surface area (TPSA) is 58.1 Å². The van der Waals surface area contributed by atoms with E-state index < -0.39 is 0 Å². The van der Waals surface area contributed by atoms with Crippen LogP contribution in [0.1, 0.15) is 24.8 Å². The number of halogens is 1. The smallest absolute Gasteiger partial charge is 0.234 e. The second-order valence-electron chi connectivity index (χ2n) is 6.06. The van der Waals surface area contributed by atoms with E-state index >= 15 is 0 Å². The van der Waals surface area contributed by atoms with Gasteiger partial charge in [0.2, 0.25) is 5.91 Å². The quantitative estimate of drug-likeness (QED) is 0.627. The molecule has 1 saturated heterocycles. The zero-order valence-electron chi connectivity index (χ0n) is 14.2. The minimum Gasteiger partial charge on any atom is -0.356 e. The fraction of sp³-hybridized carbons (Fsp3) is 0.389. The van der Waals surface area contributed by atoms with Crippen LogP contribution in [-0.2, 0) is 4.79 Å². The van der Waals surface area contributed by atoms with Crippen molar-refractivity contribution in [3.05, 3.63) is 41.2 Å². The number of anilines is 2. The standard InChI is InChI=1S/C18H21ClN4OS/c1-13-5-6-14(9-15(13)19)22-17(24)11-25-18-10-16(20-12-21-18)23-7-3-2-4-8-23/h5-6,9-10,12H,2-4,7-8,11H2,1H3,(H,22,24). The number of nitrogens with one attached hydrogen (secondary N) is 1. The van der Waals surface area contributed by atoms with E-state index in [1.54, 1.807) is 12.4 Å². The van der Waals surface area contributed by atoms with E-state index in [0.29, 0.717) is 16.5 Å². The summed E-state index contributed by atoms with van der Waals surface area (Å²) in [4.78, 5) is 23.0. The fourth-order valence-electron chi connectivity index (χ4n) is 2.71. The molecule has 25 heavy (non-hydrogen) atoms. The van der Waals surface area contributed by atoms with Crippen molar-refractivity contribution in [1.29, 1.82) is 0 Å². The van der Waals surface area contributed by atoms with Crippen LogP contribution in [0.5, 0.6) is 0 Å². The molecule has 0 atom stereocenters. The van der Waals surface area contributed by atoms with Crippen molar-refractivity contribution >= 4 is 40.8 Å². The van der Waals surface area contributed by atoms with E-state index in [2.05, 4.69) is 20.2 Å². The van der Waals surface area contributed by atoms with Gasteiger partial charge in [-0.05, 0) is 43.9 Å². The van der Waals surface area contributed by atoms with Crippen molar-refractivity contribution in [2.45, 2.75) is 31.2 Å². The summed E-state index contributed by atoms with van der Waals surface area (Å²) in [5, 5.41) is 4.32. The molecule has 0 saturated carbocycles. The third-order valence-corrected chi connectivity index (χ3v) is 5.45. The Morgan fingerprint density at radius 1 is 1.24 bits per heavy atom. The first-order chi connectivity index (χ1) is 12.1. The van der Waals surface area contributed by atoms with Crippen LogP contribution >= 0.6 is 23.4 Å². The lowest BCUT2D eigenvalue weighted by molar-refractivity contribution is -0.113. The average molecular weight is 377 g/mol. The van der Waals surface area contributed by atoms with E-state index in [4.69, 9.17) is 11.6 Å². The van der Waals surface area contributed by atoms with Crippen LogP contribution in [0.3, 0.4) is 0 Å².